The van der Waals surface area contributed by atoms with Crippen molar-refractivity contribution in [2.75, 3.05) is 7.11 Å². The lowest BCUT2D eigenvalue weighted by Crippen LogP contribution is -2.06. The maximum absolute atomic E-state index is 10.7. The highest BCUT2D eigenvalue weighted by Gasteiger charge is 2.12. The molecule has 9 nitrogen and oxygen atoms in total. The van der Waals surface area contributed by atoms with E-state index in [-0.39, 0.29) is 12.4 Å². The molecule has 9 heteroatoms. The normalized spacial score (nSPS) is 10.9. The highest BCUT2D eigenvalue weighted by Crippen LogP contribution is 2.32. The first kappa shape index (κ1) is 16.6. The summed E-state index contributed by atoms with van der Waals surface area (Å²) in [6.07, 6.45) is 2.47. The van der Waals surface area contributed by atoms with Gasteiger partial charge in [-0.3, -0.25) is 10.1 Å². The Kier molecular flexibility index (Phi) is 4.17. The summed E-state index contributed by atoms with van der Waals surface area (Å²) < 4.78 is 12.4. The molecule has 0 radical (unpaired) electrons. The predicted octanol–water partition coefficient (Wildman–Crippen LogP) is 3.38. The number of para-hydroxylation sites is 2. The highest BCUT2D eigenvalue weighted by molar-refractivity contribution is 5.79. The molecule has 0 unspecified atom stereocenters. The number of nitro groups is 1. The van der Waals surface area contributed by atoms with Crippen LogP contribution in [0, 0.1) is 10.1 Å². The minimum Gasteiger partial charge on any atom is -0.493 e. The van der Waals surface area contributed by atoms with E-state index in [1.165, 1.54) is 17.1 Å². The molecular formula is C18H15N5O4. The number of H-pyrrole nitrogens is 1. The lowest BCUT2D eigenvalue weighted by molar-refractivity contribution is -0.385. The van der Waals surface area contributed by atoms with E-state index in [4.69, 9.17) is 9.47 Å². The van der Waals surface area contributed by atoms with Crippen molar-refractivity contribution in [2.45, 2.75) is 6.73 Å². The van der Waals surface area contributed by atoms with E-state index in [1.807, 2.05) is 36.4 Å². The highest BCUT2D eigenvalue weighted by atomic mass is 16.6. The molecule has 2 heterocycles. The van der Waals surface area contributed by atoms with E-state index < -0.39 is 4.92 Å². The zero-order chi connectivity index (χ0) is 18.8. The summed E-state index contributed by atoms with van der Waals surface area (Å²) >= 11 is 0. The van der Waals surface area contributed by atoms with E-state index in [0.29, 0.717) is 11.5 Å². The summed E-state index contributed by atoms with van der Waals surface area (Å²) in [4.78, 5) is 18.0. The summed E-state index contributed by atoms with van der Waals surface area (Å²) in [5.74, 6) is 1.74. The number of hydrogen-bond donors (Lipinski definition) is 1. The molecule has 0 atom stereocenters. The zero-order valence-electron chi connectivity index (χ0n) is 14.3. The van der Waals surface area contributed by atoms with Crippen molar-refractivity contribution < 1.29 is 14.4 Å². The van der Waals surface area contributed by atoms with Crippen LogP contribution in [0.4, 0.5) is 5.69 Å². The molecule has 4 aromatic rings. The molecule has 2 aromatic heterocycles. The van der Waals surface area contributed by atoms with E-state index in [0.717, 1.165) is 22.4 Å². The number of benzene rings is 2. The Morgan fingerprint density at radius 2 is 2.07 bits per heavy atom. The van der Waals surface area contributed by atoms with Crippen molar-refractivity contribution >= 4 is 16.7 Å². The van der Waals surface area contributed by atoms with Gasteiger partial charge in [0, 0.05) is 5.56 Å². The van der Waals surface area contributed by atoms with Crippen LogP contribution < -0.4 is 9.47 Å². The van der Waals surface area contributed by atoms with Crippen LogP contribution in [0.25, 0.3) is 22.4 Å². The summed E-state index contributed by atoms with van der Waals surface area (Å²) in [6.45, 7) is 0.0220. The average Bonchev–Trinajstić information content (AvgIpc) is 3.33. The van der Waals surface area contributed by atoms with Crippen LogP contribution in [0.3, 0.4) is 0 Å². The number of aromatic amines is 1. The molecule has 0 amide bonds. The minimum atomic E-state index is -0.508. The number of imidazole rings is 1. The zero-order valence-corrected chi connectivity index (χ0v) is 14.3. The van der Waals surface area contributed by atoms with E-state index in [2.05, 4.69) is 15.1 Å². The van der Waals surface area contributed by atoms with Gasteiger partial charge >= 0.3 is 5.69 Å². The smallest absolute Gasteiger partial charge is 0.307 e. The molecule has 27 heavy (non-hydrogen) atoms. The molecule has 0 fully saturated rings. The maximum Gasteiger partial charge on any atom is 0.307 e. The molecule has 136 valence electrons. The first-order chi connectivity index (χ1) is 13.1. The van der Waals surface area contributed by atoms with Crippen LogP contribution in [0.5, 0.6) is 11.5 Å². The third-order valence-corrected chi connectivity index (χ3v) is 4.01. The lowest BCUT2D eigenvalue weighted by atomic mass is 10.2. The van der Waals surface area contributed by atoms with Gasteiger partial charge in [0.1, 0.15) is 18.2 Å². The third-order valence-electron chi connectivity index (χ3n) is 4.01. The Morgan fingerprint density at radius 1 is 1.22 bits per heavy atom. The Bertz CT molecular complexity index is 1080. The van der Waals surface area contributed by atoms with Gasteiger partial charge in [0.25, 0.3) is 0 Å². The molecule has 0 aliphatic rings. The second-order valence-electron chi connectivity index (χ2n) is 5.74. The fraction of sp³-hybridized carbons (Fsp3) is 0.111. The van der Waals surface area contributed by atoms with Crippen LogP contribution in [0.2, 0.25) is 0 Å². The summed E-state index contributed by atoms with van der Waals surface area (Å²) in [7, 11) is 1.55. The van der Waals surface area contributed by atoms with Gasteiger partial charge in [0.2, 0.25) is 0 Å². The summed E-state index contributed by atoms with van der Waals surface area (Å²) in [6, 6.07) is 13.2. The van der Waals surface area contributed by atoms with Crippen LogP contribution in [-0.2, 0) is 6.73 Å². The average molecular weight is 365 g/mol. The van der Waals surface area contributed by atoms with E-state index in [1.54, 1.807) is 13.2 Å². The monoisotopic (exact) mass is 365 g/mol. The maximum atomic E-state index is 10.7. The van der Waals surface area contributed by atoms with Crippen molar-refractivity contribution in [2.24, 2.45) is 0 Å². The van der Waals surface area contributed by atoms with Crippen molar-refractivity contribution in [1.29, 1.82) is 0 Å². The van der Waals surface area contributed by atoms with Gasteiger partial charge in [-0.2, -0.15) is 5.10 Å². The topological polar surface area (TPSA) is 108 Å². The van der Waals surface area contributed by atoms with Crippen LogP contribution in [0.15, 0.2) is 54.9 Å². The molecule has 0 spiro atoms. The van der Waals surface area contributed by atoms with Crippen molar-refractivity contribution in [3.63, 3.8) is 0 Å². The predicted molar refractivity (Wildman–Crippen MR) is 97.6 cm³/mol. The first-order valence-corrected chi connectivity index (χ1v) is 8.07. The second kappa shape index (κ2) is 6.79. The molecule has 2 aromatic carbocycles. The number of fused-ring (bicyclic) bond motifs is 1. The van der Waals surface area contributed by atoms with Gasteiger partial charge < -0.3 is 14.5 Å². The van der Waals surface area contributed by atoms with Crippen LogP contribution in [-0.4, -0.2) is 31.8 Å². The Morgan fingerprint density at radius 3 is 2.81 bits per heavy atom. The SMILES string of the molecule is COc1cc(-c2nc3ccccc3[nH]2)ccc1OCn1cc([N+](=O)[O-])cn1. The molecule has 0 saturated carbocycles. The molecule has 0 bridgehead atoms. The fourth-order valence-electron chi connectivity index (χ4n) is 2.68. The Balaban J connectivity index is 1.56. The quantitative estimate of drug-likeness (QED) is 0.414. The molecule has 4 rings (SSSR count). The number of nitrogens with zero attached hydrogens (tertiary/aromatic N) is 4. The number of ether oxygens (including phenoxy) is 2. The van der Waals surface area contributed by atoms with Gasteiger partial charge in [0.05, 0.1) is 23.1 Å². The Labute approximate surface area is 153 Å². The van der Waals surface area contributed by atoms with Gasteiger partial charge in [-0.25, -0.2) is 9.67 Å². The van der Waals surface area contributed by atoms with Gasteiger partial charge in [-0.05, 0) is 30.3 Å². The van der Waals surface area contributed by atoms with Crippen LogP contribution >= 0.6 is 0 Å². The molecule has 0 aliphatic heterocycles. The number of rotatable bonds is 6. The van der Waals surface area contributed by atoms with Crippen LogP contribution in [0.1, 0.15) is 0 Å². The van der Waals surface area contributed by atoms with Crippen molar-refractivity contribution in [3.8, 4) is 22.9 Å². The van der Waals surface area contributed by atoms with Gasteiger partial charge in [0.15, 0.2) is 18.2 Å². The largest absolute Gasteiger partial charge is 0.493 e. The molecular weight excluding hydrogens is 350 g/mol. The van der Waals surface area contributed by atoms with Gasteiger partial charge in [-0.1, -0.05) is 12.1 Å². The summed E-state index contributed by atoms with van der Waals surface area (Å²) in [5.41, 5.74) is 2.59. The lowest BCUT2D eigenvalue weighted by Gasteiger charge is -2.11. The van der Waals surface area contributed by atoms with Crippen molar-refractivity contribution in [3.05, 3.63) is 65.0 Å². The molecule has 0 aliphatic carbocycles. The molecule has 0 saturated heterocycles. The van der Waals surface area contributed by atoms with Gasteiger partial charge in [-0.15, -0.1) is 0 Å². The standard InChI is InChI=1S/C18H15N5O4/c1-26-17-8-12(18-20-14-4-2-3-5-15(14)21-18)6-7-16(17)27-11-22-10-13(9-19-22)23(24)25/h2-10H,11H2,1H3,(H,20,21). The van der Waals surface area contributed by atoms with Crippen molar-refractivity contribution in [1.82, 2.24) is 19.7 Å². The fourth-order valence-corrected chi connectivity index (χ4v) is 2.68. The van der Waals surface area contributed by atoms with E-state index in [9.17, 15) is 10.1 Å². The third kappa shape index (κ3) is 3.30. The Hall–Kier alpha value is -3.88. The number of aromatic nitrogens is 4. The first-order valence-electron chi connectivity index (χ1n) is 8.07. The van der Waals surface area contributed by atoms with E-state index >= 15 is 0 Å². The number of nitrogens with one attached hydrogen (secondary N) is 1. The number of methoxy groups -OCH3 is 1. The second-order valence-corrected chi connectivity index (χ2v) is 5.74. The number of hydrogen-bond acceptors (Lipinski definition) is 6. The molecule has 1 N–H and O–H groups in total. The summed E-state index contributed by atoms with van der Waals surface area (Å²) in [5, 5.41) is 14.6. The minimum absolute atomic E-state index is 0.0220.